The number of carbonyl (C=O) groups excluding carboxylic acids is 2. The highest BCUT2D eigenvalue weighted by atomic mass is 16.6. The number of ether oxygens (including phenoxy) is 3. The third kappa shape index (κ3) is 6.51. The summed E-state index contributed by atoms with van der Waals surface area (Å²) in [5, 5.41) is 0. The summed E-state index contributed by atoms with van der Waals surface area (Å²) in [7, 11) is 0. The summed E-state index contributed by atoms with van der Waals surface area (Å²) in [6, 6.07) is 7.07. The maximum absolute atomic E-state index is 11.5. The van der Waals surface area contributed by atoms with E-state index in [0.717, 1.165) is 6.42 Å². The third-order valence-electron chi connectivity index (χ3n) is 2.25. The van der Waals surface area contributed by atoms with Crippen molar-refractivity contribution in [1.82, 2.24) is 10.9 Å². The Labute approximate surface area is 123 Å². The van der Waals surface area contributed by atoms with Crippen LogP contribution in [0.15, 0.2) is 24.3 Å². The van der Waals surface area contributed by atoms with Crippen LogP contribution in [-0.4, -0.2) is 31.8 Å². The minimum atomic E-state index is -0.725. The topological polar surface area (TPSA) is 85.9 Å². The van der Waals surface area contributed by atoms with Gasteiger partial charge in [0, 0.05) is 0 Å². The monoisotopic (exact) mass is 296 g/mol. The van der Waals surface area contributed by atoms with Gasteiger partial charge in [0.25, 0.3) is 5.91 Å². The maximum atomic E-state index is 11.5. The van der Waals surface area contributed by atoms with E-state index in [1.54, 1.807) is 25.1 Å². The van der Waals surface area contributed by atoms with Crippen molar-refractivity contribution < 1.29 is 23.8 Å². The van der Waals surface area contributed by atoms with Crippen LogP contribution in [0.3, 0.4) is 0 Å². The van der Waals surface area contributed by atoms with Gasteiger partial charge in [-0.1, -0.05) is 19.1 Å². The number of para-hydroxylation sites is 2. The lowest BCUT2D eigenvalue weighted by Crippen LogP contribution is -2.44. The summed E-state index contributed by atoms with van der Waals surface area (Å²) in [5.41, 5.74) is 4.27. The zero-order valence-electron chi connectivity index (χ0n) is 12.2. The van der Waals surface area contributed by atoms with Crippen LogP contribution in [0, 0.1) is 0 Å². The van der Waals surface area contributed by atoms with Crippen LogP contribution in [0.4, 0.5) is 4.79 Å². The van der Waals surface area contributed by atoms with Gasteiger partial charge in [-0.15, -0.1) is 0 Å². The van der Waals surface area contributed by atoms with Crippen molar-refractivity contribution in [2.45, 2.75) is 20.3 Å². The lowest BCUT2D eigenvalue weighted by molar-refractivity contribution is -0.124. The molecule has 0 unspecified atom stereocenters. The first kappa shape index (κ1) is 16.6. The fraction of sp³-hybridized carbons (Fsp3) is 0.429. The van der Waals surface area contributed by atoms with Crippen molar-refractivity contribution in [2.24, 2.45) is 0 Å². The first-order valence-electron chi connectivity index (χ1n) is 6.73. The van der Waals surface area contributed by atoms with Gasteiger partial charge in [0.15, 0.2) is 18.1 Å². The zero-order chi connectivity index (χ0) is 15.5. The Hall–Kier alpha value is -2.44. The fourth-order valence-electron chi connectivity index (χ4n) is 1.37. The molecule has 0 aliphatic carbocycles. The Balaban J connectivity index is 2.40. The molecule has 0 atom stereocenters. The summed E-state index contributed by atoms with van der Waals surface area (Å²) in [4.78, 5) is 22.5. The lowest BCUT2D eigenvalue weighted by atomic mass is 10.3. The summed E-state index contributed by atoms with van der Waals surface area (Å²) >= 11 is 0. The Morgan fingerprint density at radius 2 is 1.71 bits per heavy atom. The molecule has 0 aliphatic heterocycles. The molecule has 0 radical (unpaired) electrons. The molecule has 1 rings (SSSR count). The molecule has 7 nitrogen and oxygen atoms in total. The molecule has 0 aliphatic rings. The van der Waals surface area contributed by atoms with Crippen molar-refractivity contribution in [2.75, 3.05) is 19.8 Å². The van der Waals surface area contributed by atoms with Gasteiger partial charge >= 0.3 is 6.09 Å². The Bertz CT molecular complexity index is 464. The van der Waals surface area contributed by atoms with Crippen LogP contribution in [0.5, 0.6) is 11.5 Å². The number of hydrogen-bond acceptors (Lipinski definition) is 5. The minimum Gasteiger partial charge on any atom is -0.490 e. The second-order valence-corrected chi connectivity index (χ2v) is 3.98. The van der Waals surface area contributed by atoms with Crippen molar-refractivity contribution in [3.63, 3.8) is 0 Å². The molecule has 0 fully saturated rings. The first-order chi connectivity index (χ1) is 10.2. The number of amides is 2. The number of carbonyl (C=O) groups is 2. The first-order valence-corrected chi connectivity index (χ1v) is 6.73. The molecule has 2 amide bonds. The molecule has 116 valence electrons. The second-order valence-electron chi connectivity index (χ2n) is 3.98. The van der Waals surface area contributed by atoms with Crippen molar-refractivity contribution in [3.8, 4) is 11.5 Å². The molecule has 0 spiro atoms. The molecule has 1 aromatic rings. The molecule has 0 aromatic heterocycles. The molecule has 2 N–H and O–H groups in total. The normalized spacial score (nSPS) is 9.62. The van der Waals surface area contributed by atoms with E-state index in [1.807, 2.05) is 13.0 Å². The number of nitrogens with one attached hydrogen (secondary N) is 2. The fourth-order valence-corrected chi connectivity index (χ4v) is 1.37. The lowest BCUT2D eigenvalue weighted by Gasteiger charge is -2.12. The van der Waals surface area contributed by atoms with E-state index in [2.05, 4.69) is 15.6 Å². The molecule has 0 heterocycles. The predicted molar refractivity (Wildman–Crippen MR) is 76.0 cm³/mol. The number of rotatable bonds is 7. The van der Waals surface area contributed by atoms with Gasteiger partial charge in [-0.05, 0) is 25.5 Å². The third-order valence-corrected chi connectivity index (χ3v) is 2.25. The van der Waals surface area contributed by atoms with Gasteiger partial charge in [0.05, 0.1) is 13.2 Å². The van der Waals surface area contributed by atoms with Crippen LogP contribution >= 0.6 is 0 Å². The van der Waals surface area contributed by atoms with Crippen LogP contribution in [0.2, 0.25) is 0 Å². The van der Waals surface area contributed by atoms with Crippen LogP contribution in [0.25, 0.3) is 0 Å². The summed E-state index contributed by atoms with van der Waals surface area (Å²) in [5.74, 6) is 0.538. The average molecular weight is 296 g/mol. The molecule has 0 saturated heterocycles. The molecule has 7 heteroatoms. The largest absolute Gasteiger partial charge is 0.490 e. The Kier molecular flexibility index (Phi) is 7.49. The van der Waals surface area contributed by atoms with Crippen LogP contribution in [-0.2, 0) is 9.53 Å². The average Bonchev–Trinajstić information content (AvgIpc) is 2.50. The van der Waals surface area contributed by atoms with Gasteiger partial charge in [-0.25, -0.2) is 10.2 Å². The highest BCUT2D eigenvalue weighted by Crippen LogP contribution is 2.26. The number of hydrazine groups is 1. The Morgan fingerprint density at radius 1 is 1.05 bits per heavy atom. The van der Waals surface area contributed by atoms with Gasteiger partial charge in [-0.3, -0.25) is 10.2 Å². The van der Waals surface area contributed by atoms with E-state index >= 15 is 0 Å². The molecule has 0 saturated carbocycles. The molecule has 0 bridgehead atoms. The van der Waals surface area contributed by atoms with Crippen LogP contribution < -0.4 is 20.3 Å². The summed E-state index contributed by atoms with van der Waals surface area (Å²) in [6.45, 7) is 4.20. The summed E-state index contributed by atoms with van der Waals surface area (Å²) in [6.07, 6.45) is 0.149. The number of hydrogen-bond donors (Lipinski definition) is 2. The SMILES string of the molecule is CCCOc1ccccc1OCC(=O)NNC(=O)OCC. The highest BCUT2D eigenvalue weighted by molar-refractivity contribution is 5.80. The maximum Gasteiger partial charge on any atom is 0.426 e. The highest BCUT2D eigenvalue weighted by Gasteiger charge is 2.08. The molecular formula is C14H20N2O5. The standard InChI is InChI=1S/C14H20N2O5/c1-3-9-20-11-7-5-6-8-12(11)21-10-13(17)15-16-14(18)19-4-2/h5-8H,3-4,9-10H2,1-2H3,(H,15,17)(H,16,18). The van der Waals surface area contributed by atoms with E-state index in [9.17, 15) is 9.59 Å². The molecule has 21 heavy (non-hydrogen) atoms. The molecular weight excluding hydrogens is 276 g/mol. The molecule has 1 aromatic carbocycles. The Morgan fingerprint density at radius 3 is 2.33 bits per heavy atom. The van der Waals surface area contributed by atoms with Gasteiger partial charge in [-0.2, -0.15) is 0 Å². The second kappa shape index (κ2) is 9.46. The summed E-state index contributed by atoms with van der Waals surface area (Å²) < 4.78 is 15.5. The van der Waals surface area contributed by atoms with Gasteiger partial charge in [0.2, 0.25) is 0 Å². The van der Waals surface area contributed by atoms with Gasteiger partial charge < -0.3 is 14.2 Å². The zero-order valence-corrected chi connectivity index (χ0v) is 12.2. The van der Waals surface area contributed by atoms with Crippen molar-refractivity contribution in [1.29, 1.82) is 0 Å². The van der Waals surface area contributed by atoms with Crippen molar-refractivity contribution in [3.05, 3.63) is 24.3 Å². The van der Waals surface area contributed by atoms with Gasteiger partial charge in [0.1, 0.15) is 0 Å². The van der Waals surface area contributed by atoms with E-state index in [1.165, 1.54) is 0 Å². The van der Waals surface area contributed by atoms with E-state index in [-0.39, 0.29) is 13.2 Å². The smallest absolute Gasteiger partial charge is 0.426 e. The van der Waals surface area contributed by atoms with E-state index in [4.69, 9.17) is 9.47 Å². The van der Waals surface area contributed by atoms with E-state index < -0.39 is 12.0 Å². The van der Waals surface area contributed by atoms with Crippen LogP contribution in [0.1, 0.15) is 20.3 Å². The predicted octanol–water partition coefficient (Wildman–Crippen LogP) is 1.63. The number of benzene rings is 1. The van der Waals surface area contributed by atoms with E-state index in [0.29, 0.717) is 18.1 Å². The quantitative estimate of drug-likeness (QED) is 0.747. The van der Waals surface area contributed by atoms with Crippen molar-refractivity contribution >= 4 is 12.0 Å². The minimum absolute atomic E-state index is 0.223.